The van der Waals surface area contributed by atoms with Gasteiger partial charge in [-0.2, -0.15) is 0 Å². The quantitative estimate of drug-likeness (QED) is 0.683. The molecule has 0 aromatic heterocycles. The Kier molecular flexibility index (Phi) is 70.4. The maximum atomic E-state index is 7.88. The van der Waals surface area contributed by atoms with Crippen LogP contribution in [0.4, 0.5) is 0 Å². The van der Waals surface area contributed by atoms with Crippen molar-refractivity contribution < 1.29 is 33.9 Å². The summed E-state index contributed by atoms with van der Waals surface area (Å²) in [5, 5.41) is 23.6. The zero-order valence-corrected chi connectivity index (χ0v) is 10.4. The van der Waals surface area contributed by atoms with Crippen molar-refractivity contribution in [1.82, 2.24) is 0 Å². The summed E-state index contributed by atoms with van der Waals surface area (Å²) < 4.78 is 0. The third-order valence-electron chi connectivity index (χ3n) is 0.671. The minimum atomic E-state index is 0. The Morgan fingerprint density at radius 2 is 0.692 bits per heavy atom. The van der Waals surface area contributed by atoms with Crippen molar-refractivity contribution in [3.05, 3.63) is 0 Å². The molecule has 0 atom stereocenters. The molecule has 4 heteroatoms. The Labute approximate surface area is 94.1 Å². The summed E-state index contributed by atoms with van der Waals surface area (Å²) in [6.45, 7) is 6.75. The normalized spacial score (nSPS) is 6.92. The maximum Gasteiger partial charge on any atom is 0.0428 e. The fraction of sp³-hybridized carbons (Fsp3) is 1.00. The third-order valence-corrected chi connectivity index (χ3v) is 0.671. The standard InChI is InChI=1S/3C3H8O.V/c3*1-2-3-4;/h3*4H,2-3H2,1H3;. The average Bonchev–Trinajstić information content (AvgIpc) is 2.18. The number of hydrogen-bond donors (Lipinski definition) is 3. The van der Waals surface area contributed by atoms with Gasteiger partial charge in [0, 0.05) is 38.4 Å². The van der Waals surface area contributed by atoms with Crippen molar-refractivity contribution in [3.63, 3.8) is 0 Å². The summed E-state index contributed by atoms with van der Waals surface area (Å²) in [4.78, 5) is 0. The van der Waals surface area contributed by atoms with Gasteiger partial charge in [0.2, 0.25) is 0 Å². The van der Waals surface area contributed by atoms with Gasteiger partial charge < -0.3 is 15.3 Å². The topological polar surface area (TPSA) is 60.7 Å². The minimum absolute atomic E-state index is 0. The molecule has 0 bridgehead atoms. The van der Waals surface area contributed by atoms with E-state index in [9.17, 15) is 0 Å². The van der Waals surface area contributed by atoms with E-state index in [0.29, 0.717) is 19.8 Å². The monoisotopic (exact) mass is 231 g/mol. The van der Waals surface area contributed by atoms with Crippen molar-refractivity contribution in [2.24, 2.45) is 0 Å². The van der Waals surface area contributed by atoms with E-state index >= 15 is 0 Å². The number of aliphatic hydroxyl groups is 3. The van der Waals surface area contributed by atoms with Crippen molar-refractivity contribution >= 4 is 0 Å². The van der Waals surface area contributed by atoms with Crippen LogP contribution in [-0.2, 0) is 18.6 Å². The number of aliphatic hydroxyl groups excluding tert-OH is 3. The van der Waals surface area contributed by atoms with E-state index in [4.69, 9.17) is 15.3 Å². The van der Waals surface area contributed by atoms with Gasteiger partial charge >= 0.3 is 0 Å². The van der Waals surface area contributed by atoms with E-state index < -0.39 is 0 Å². The molecule has 13 heavy (non-hydrogen) atoms. The molecule has 0 fully saturated rings. The molecule has 0 spiro atoms. The second-order valence-electron chi connectivity index (χ2n) is 2.17. The van der Waals surface area contributed by atoms with Crippen molar-refractivity contribution in [2.45, 2.75) is 40.0 Å². The SMILES string of the molecule is CCCO.CCCO.CCCO.[V]. The van der Waals surface area contributed by atoms with Crippen LogP contribution in [-0.4, -0.2) is 35.1 Å². The molecule has 3 N–H and O–H groups in total. The van der Waals surface area contributed by atoms with E-state index in [1.54, 1.807) is 0 Å². The maximum absolute atomic E-state index is 7.88. The Balaban J connectivity index is -0.0000000450. The Bertz CT molecular complexity index is 30.3. The molecule has 3 nitrogen and oxygen atoms in total. The average molecular weight is 231 g/mol. The number of hydrogen-bond acceptors (Lipinski definition) is 3. The molecule has 0 saturated heterocycles. The molecule has 83 valence electrons. The van der Waals surface area contributed by atoms with E-state index in [1.165, 1.54) is 0 Å². The molecule has 0 aliphatic carbocycles. The molecule has 0 saturated carbocycles. The molecule has 0 aromatic carbocycles. The minimum Gasteiger partial charge on any atom is -0.396 e. The van der Waals surface area contributed by atoms with Gasteiger partial charge in [0.15, 0.2) is 0 Å². The molecule has 0 aromatic rings. The van der Waals surface area contributed by atoms with Crippen LogP contribution in [0.15, 0.2) is 0 Å². The molecule has 0 unspecified atom stereocenters. The first-order valence-electron chi connectivity index (χ1n) is 4.57. The Hall–Kier alpha value is 0.464. The van der Waals surface area contributed by atoms with Gasteiger partial charge in [0.1, 0.15) is 0 Å². The zero-order chi connectivity index (χ0) is 10.2. The van der Waals surface area contributed by atoms with Gasteiger partial charge in [-0.1, -0.05) is 20.8 Å². The summed E-state index contributed by atoms with van der Waals surface area (Å²) in [7, 11) is 0. The zero-order valence-electron chi connectivity index (χ0n) is 9.03. The van der Waals surface area contributed by atoms with Crippen molar-refractivity contribution in [3.8, 4) is 0 Å². The van der Waals surface area contributed by atoms with Crippen LogP contribution < -0.4 is 0 Å². The van der Waals surface area contributed by atoms with Crippen LogP contribution in [0.1, 0.15) is 40.0 Å². The second kappa shape index (κ2) is 39.2. The van der Waals surface area contributed by atoms with Crippen LogP contribution >= 0.6 is 0 Å². The fourth-order valence-electron chi connectivity index (χ4n) is 0. The first-order chi connectivity index (χ1) is 5.74. The van der Waals surface area contributed by atoms with Crippen molar-refractivity contribution in [1.29, 1.82) is 0 Å². The molecule has 0 aliphatic heterocycles. The summed E-state index contributed by atoms with van der Waals surface area (Å²) in [5.41, 5.74) is 0. The van der Waals surface area contributed by atoms with Gasteiger partial charge in [-0.3, -0.25) is 0 Å². The molecule has 0 aliphatic rings. The van der Waals surface area contributed by atoms with Gasteiger partial charge in [-0.15, -0.1) is 0 Å². The smallest absolute Gasteiger partial charge is 0.0428 e. The summed E-state index contributed by atoms with van der Waals surface area (Å²) in [5.74, 6) is 0. The molecular weight excluding hydrogens is 207 g/mol. The van der Waals surface area contributed by atoms with Gasteiger partial charge in [0.05, 0.1) is 0 Å². The predicted molar refractivity (Wildman–Crippen MR) is 52.1 cm³/mol. The molecule has 1 radical (unpaired) electrons. The van der Waals surface area contributed by atoms with Crippen LogP contribution in [0.2, 0.25) is 0 Å². The molecule has 0 heterocycles. The summed E-state index contributed by atoms with van der Waals surface area (Å²) in [6.07, 6.45) is 2.62. The fourth-order valence-corrected chi connectivity index (χ4v) is 0. The first-order valence-corrected chi connectivity index (χ1v) is 4.57. The van der Waals surface area contributed by atoms with Crippen LogP contribution in [0.5, 0.6) is 0 Å². The third kappa shape index (κ3) is 114. The predicted octanol–water partition coefficient (Wildman–Crippen LogP) is 1.16. The van der Waals surface area contributed by atoms with E-state index in [2.05, 4.69) is 0 Å². The van der Waals surface area contributed by atoms with E-state index in [1.807, 2.05) is 20.8 Å². The van der Waals surface area contributed by atoms with E-state index in [-0.39, 0.29) is 18.6 Å². The Morgan fingerprint density at radius 3 is 0.692 bits per heavy atom. The van der Waals surface area contributed by atoms with Crippen molar-refractivity contribution in [2.75, 3.05) is 19.8 Å². The van der Waals surface area contributed by atoms with E-state index in [0.717, 1.165) is 19.3 Å². The molecule has 0 amide bonds. The second-order valence-corrected chi connectivity index (χ2v) is 2.17. The first kappa shape index (κ1) is 23.4. The van der Waals surface area contributed by atoms with Gasteiger partial charge in [0.25, 0.3) is 0 Å². The summed E-state index contributed by atoms with van der Waals surface area (Å²) >= 11 is 0. The van der Waals surface area contributed by atoms with Gasteiger partial charge in [-0.05, 0) is 19.3 Å². The van der Waals surface area contributed by atoms with Crippen LogP contribution in [0.25, 0.3) is 0 Å². The molecule has 0 rings (SSSR count). The van der Waals surface area contributed by atoms with Gasteiger partial charge in [-0.25, -0.2) is 0 Å². The van der Waals surface area contributed by atoms with Crippen LogP contribution in [0, 0.1) is 0 Å². The number of rotatable bonds is 3. The van der Waals surface area contributed by atoms with Crippen LogP contribution in [0.3, 0.4) is 0 Å². The summed E-state index contributed by atoms with van der Waals surface area (Å²) in [6, 6.07) is 0. The largest absolute Gasteiger partial charge is 0.396 e. The molecular formula is C9H24O3V. The Morgan fingerprint density at radius 1 is 0.615 bits per heavy atom.